The van der Waals surface area contributed by atoms with Crippen molar-refractivity contribution >= 4 is 11.7 Å². The van der Waals surface area contributed by atoms with Crippen molar-refractivity contribution in [3.8, 4) is 6.07 Å². The molecule has 5 nitrogen and oxygen atoms in total. The fraction of sp³-hybridized carbons (Fsp3) is 0. The lowest BCUT2D eigenvalue weighted by atomic mass is 10.2. The monoisotopic (exact) mass is 163 g/mol. The number of carbonyl (C=O) groups is 1. The first kappa shape index (κ1) is 8.01. The molecule has 0 unspecified atom stereocenters. The molecule has 0 radical (unpaired) electrons. The maximum atomic E-state index is 10.5. The molecule has 12 heavy (non-hydrogen) atoms. The molecule has 0 aromatic carbocycles. The molecule has 60 valence electrons. The van der Waals surface area contributed by atoms with Crippen LogP contribution in [-0.2, 0) is 0 Å². The third-order valence-corrected chi connectivity index (χ3v) is 1.28. The standard InChI is InChI=1S/C7H5N3O2/c8-2-4-1-5(7(11)12)6(9)3-10-4/h1,3H,9H2,(H,11,12). The highest BCUT2D eigenvalue weighted by Gasteiger charge is 2.08. The van der Waals surface area contributed by atoms with Gasteiger partial charge < -0.3 is 10.8 Å². The number of hydrogen-bond donors (Lipinski definition) is 2. The van der Waals surface area contributed by atoms with Gasteiger partial charge in [-0.1, -0.05) is 0 Å². The van der Waals surface area contributed by atoms with Gasteiger partial charge in [0, 0.05) is 0 Å². The average molecular weight is 163 g/mol. The number of rotatable bonds is 1. The Bertz CT molecular complexity index is 367. The topological polar surface area (TPSA) is 100 Å². The molecule has 0 atom stereocenters. The summed E-state index contributed by atoms with van der Waals surface area (Å²) in [6, 6.07) is 2.86. The predicted molar refractivity (Wildman–Crippen MR) is 40.3 cm³/mol. The highest BCUT2D eigenvalue weighted by Crippen LogP contribution is 2.10. The van der Waals surface area contributed by atoms with Gasteiger partial charge in [-0.2, -0.15) is 5.26 Å². The van der Waals surface area contributed by atoms with E-state index in [9.17, 15) is 4.79 Å². The summed E-state index contributed by atoms with van der Waals surface area (Å²) in [6.07, 6.45) is 1.15. The van der Waals surface area contributed by atoms with Gasteiger partial charge in [-0.3, -0.25) is 0 Å². The van der Waals surface area contributed by atoms with Crippen LogP contribution in [0.25, 0.3) is 0 Å². The van der Waals surface area contributed by atoms with Gasteiger partial charge in [-0.25, -0.2) is 9.78 Å². The van der Waals surface area contributed by atoms with Gasteiger partial charge in [0.15, 0.2) is 0 Å². The van der Waals surface area contributed by atoms with E-state index in [1.54, 1.807) is 6.07 Å². The van der Waals surface area contributed by atoms with Gasteiger partial charge in [0.1, 0.15) is 11.8 Å². The molecule has 0 bridgehead atoms. The number of carboxylic acids is 1. The van der Waals surface area contributed by atoms with Crippen LogP contribution in [0.4, 0.5) is 5.69 Å². The molecule has 0 aliphatic carbocycles. The Morgan fingerprint density at radius 1 is 1.75 bits per heavy atom. The number of anilines is 1. The number of carboxylic acid groups (broad SMARTS) is 1. The van der Waals surface area contributed by atoms with Crippen LogP contribution in [0.5, 0.6) is 0 Å². The molecule has 1 heterocycles. The second kappa shape index (κ2) is 2.88. The lowest BCUT2D eigenvalue weighted by molar-refractivity contribution is 0.0698. The van der Waals surface area contributed by atoms with Crippen LogP contribution in [-0.4, -0.2) is 16.1 Å². The van der Waals surface area contributed by atoms with E-state index in [0.29, 0.717) is 0 Å². The Balaban J connectivity index is 3.28. The van der Waals surface area contributed by atoms with Gasteiger partial charge in [0.25, 0.3) is 0 Å². The first-order valence-electron chi connectivity index (χ1n) is 3.04. The van der Waals surface area contributed by atoms with Crippen molar-refractivity contribution in [1.82, 2.24) is 4.98 Å². The highest BCUT2D eigenvalue weighted by molar-refractivity contribution is 5.93. The smallest absolute Gasteiger partial charge is 0.337 e. The van der Waals surface area contributed by atoms with Gasteiger partial charge in [-0.15, -0.1) is 0 Å². The first-order chi connectivity index (χ1) is 5.65. The van der Waals surface area contributed by atoms with Crippen molar-refractivity contribution in [2.24, 2.45) is 0 Å². The summed E-state index contributed by atoms with van der Waals surface area (Å²) in [6.45, 7) is 0. The van der Waals surface area contributed by atoms with Gasteiger partial charge in [0.2, 0.25) is 0 Å². The summed E-state index contributed by atoms with van der Waals surface area (Å²) >= 11 is 0. The van der Waals surface area contributed by atoms with Gasteiger partial charge in [0.05, 0.1) is 17.4 Å². The minimum absolute atomic E-state index is 0.0431. The normalized spacial score (nSPS) is 8.92. The molecule has 0 aliphatic rings. The Morgan fingerprint density at radius 3 is 2.92 bits per heavy atom. The fourth-order valence-corrected chi connectivity index (χ4v) is 0.712. The molecule has 0 saturated heterocycles. The van der Waals surface area contributed by atoms with E-state index in [-0.39, 0.29) is 16.9 Å². The maximum Gasteiger partial charge on any atom is 0.337 e. The molecular weight excluding hydrogens is 158 g/mol. The quantitative estimate of drug-likeness (QED) is 0.617. The minimum Gasteiger partial charge on any atom is -0.478 e. The van der Waals surface area contributed by atoms with Crippen molar-refractivity contribution < 1.29 is 9.90 Å². The highest BCUT2D eigenvalue weighted by atomic mass is 16.4. The number of aromatic nitrogens is 1. The Labute approximate surface area is 68.1 Å². The zero-order valence-electron chi connectivity index (χ0n) is 5.98. The van der Waals surface area contributed by atoms with E-state index in [0.717, 1.165) is 12.3 Å². The van der Waals surface area contributed by atoms with Crippen LogP contribution in [0.3, 0.4) is 0 Å². The number of nitrogen functional groups attached to an aromatic ring is 1. The van der Waals surface area contributed by atoms with Crippen LogP contribution < -0.4 is 5.73 Å². The Kier molecular flexibility index (Phi) is 1.92. The average Bonchev–Trinajstić information content (AvgIpc) is 2.05. The first-order valence-corrected chi connectivity index (χ1v) is 3.04. The summed E-state index contributed by atoms with van der Waals surface area (Å²) in [7, 11) is 0. The summed E-state index contributed by atoms with van der Waals surface area (Å²) < 4.78 is 0. The van der Waals surface area contributed by atoms with Crippen molar-refractivity contribution in [2.75, 3.05) is 5.73 Å². The Morgan fingerprint density at radius 2 is 2.42 bits per heavy atom. The molecule has 0 amide bonds. The number of hydrogen-bond acceptors (Lipinski definition) is 4. The van der Waals surface area contributed by atoms with Gasteiger partial charge in [-0.05, 0) is 6.07 Å². The summed E-state index contributed by atoms with van der Waals surface area (Å²) in [4.78, 5) is 14.1. The summed E-state index contributed by atoms with van der Waals surface area (Å²) in [5.41, 5.74) is 5.30. The molecule has 5 heteroatoms. The van der Waals surface area contributed by atoms with Crippen LogP contribution in [0, 0.1) is 11.3 Å². The molecule has 0 saturated carbocycles. The van der Waals surface area contributed by atoms with Crippen LogP contribution in [0.15, 0.2) is 12.3 Å². The third kappa shape index (κ3) is 1.32. The third-order valence-electron chi connectivity index (χ3n) is 1.28. The summed E-state index contributed by atoms with van der Waals surface area (Å²) in [5, 5.41) is 17.0. The SMILES string of the molecule is N#Cc1cc(C(=O)O)c(N)cn1. The van der Waals surface area contributed by atoms with Crippen LogP contribution in [0.1, 0.15) is 16.1 Å². The van der Waals surface area contributed by atoms with Crippen molar-refractivity contribution in [2.45, 2.75) is 0 Å². The fourth-order valence-electron chi connectivity index (χ4n) is 0.712. The molecule has 1 aromatic rings. The minimum atomic E-state index is -1.16. The lowest BCUT2D eigenvalue weighted by Crippen LogP contribution is -2.03. The van der Waals surface area contributed by atoms with E-state index in [2.05, 4.69) is 4.98 Å². The van der Waals surface area contributed by atoms with Crippen LogP contribution >= 0.6 is 0 Å². The molecular formula is C7H5N3O2. The lowest BCUT2D eigenvalue weighted by Gasteiger charge is -1.98. The molecule has 1 rings (SSSR count). The van der Waals surface area contributed by atoms with E-state index >= 15 is 0 Å². The summed E-state index contributed by atoms with van der Waals surface area (Å²) in [5.74, 6) is -1.16. The number of nitrogens with zero attached hydrogens (tertiary/aromatic N) is 2. The van der Waals surface area contributed by atoms with Crippen molar-refractivity contribution in [3.63, 3.8) is 0 Å². The molecule has 0 aliphatic heterocycles. The largest absolute Gasteiger partial charge is 0.478 e. The predicted octanol–water partition coefficient (Wildman–Crippen LogP) is 0.234. The number of pyridine rings is 1. The maximum absolute atomic E-state index is 10.5. The van der Waals surface area contributed by atoms with Crippen molar-refractivity contribution in [1.29, 1.82) is 5.26 Å². The number of nitriles is 1. The number of aromatic carboxylic acids is 1. The second-order valence-corrected chi connectivity index (χ2v) is 2.07. The molecule has 0 fully saturated rings. The van der Waals surface area contributed by atoms with Crippen molar-refractivity contribution in [3.05, 3.63) is 23.5 Å². The van der Waals surface area contributed by atoms with E-state index in [4.69, 9.17) is 16.1 Å². The zero-order valence-corrected chi connectivity index (χ0v) is 5.98. The second-order valence-electron chi connectivity index (χ2n) is 2.07. The Hall–Kier alpha value is -2.09. The number of nitrogens with two attached hydrogens (primary N) is 1. The van der Waals surface area contributed by atoms with E-state index < -0.39 is 5.97 Å². The van der Waals surface area contributed by atoms with Crippen LogP contribution in [0.2, 0.25) is 0 Å². The van der Waals surface area contributed by atoms with E-state index in [1.807, 2.05) is 0 Å². The van der Waals surface area contributed by atoms with E-state index in [1.165, 1.54) is 0 Å². The van der Waals surface area contributed by atoms with Gasteiger partial charge >= 0.3 is 5.97 Å². The molecule has 1 aromatic heterocycles. The molecule has 3 N–H and O–H groups in total. The zero-order chi connectivity index (χ0) is 9.14. The molecule has 0 spiro atoms.